The molecule has 1 aromatic heterocycles. The number of anilines is 1. The fourth-order valence-electron chi connectivity index (χ4n) is 1.93. The normalized spacial score (nSPS) is 14.4. The molecule has 1 saturated carbocycles. The molecular weight excluding hydrogens is 230 g/mol. The third-order valence-electron chi connectivity index (χ3n) is 2.82. The number of esters is 1. The summed E-state index contributed by atoms with van der Waals surface area (Å²) in [5.41, 5.74) is 1.85. The Morgan fingerprint density at radius 1 is 1.39 bits per heavy atom. The Labute approximate surface area is 107 Å². The van der Waals surface area contributed by atoms with Gasteiger partial charge in [0.15, 0.2) is 0 Å². The number of aromatic nitrogens is 2. The van der Waals surface area contributed by atoms with Gasteiger partial charge in [-0.2, -0.15) is 0 Å². The molecule has 0 bridgehead atoms. The molecule has 0 aromatic carbocycles. The Morgan fingerprint density at radius 2 is 2.00 bits per heavy atom. The number of nitrogens with zero attached hydrogens (tertiary/aromatic N) is 3. The number of ether oxygens (including phenoxy) is 1. The maximum Gasteiger partial charge on any atom is 0.325 e. The number of aryl methyl sites for hydroxylation is 2. The molecule has 0 aliphatic heterocycles. The Hall–Kier alpha value is -1.65. The van der Waals surface area contributed by atoms with Crippen LogP contribution in [0.5, 0.6) is 0 Å². The molecular formula is C13H19N3O2. The molecule has 1 aliphatic rings. The summed E-state index contributed by atoms with van der Waals surface area (Å²) in [5, 5.41) is 0. The van der Waals surface area contributed by atoms with E-state index < -0.39 is 0 Å². The fraction of sp³-hybridized carbons (Fsp3) is 0.615. The Balaban J connectivity index is 2.16. The molecule has 0 unspecified atom stereocenters. The Kier molecular flexibility index (Phi) is 3.79. The zero-order valence-corrected chi connectivity index (χ0v) is 11.1. The maximum absolute atomic E-state index is 11.6. The van der Waals surface area contributed by atoms with E-state index in [2.05, 4.69) is 9.97 Å². The number of carbonyl (C=O) groups is 1. The van der Waals surface area contributed by atoms with Gasteiger partial charge in [-0.05, 0) is 39.7 Å². The van der Waals surface area contributed by atoms with Gasteiger partial charge in [-0.25, -0.2) is 9.97 Å². The van der Waals surface area contributed by atoms with Crippen LogP contribution in [0.1, 0.15) is 31.2 Å². The number of carbonyl (C=O) groups excluding carboxylic acids is 1. The molecule has 1 heterocycles. The Morgan fingerprint density at radius 3 is 2.50 bits per heavy atom. The SMILES string of the molecule is CCOC(=O)CN(c1nc(C)cc(C)n1)C1CC1. The highest BCUT2D eigenvalue weighted by molar-refractivity contribution is 5.75. The van der Waals surface area contributed by atoms with Gasteiger partial charge in [0.2, 0.25) is 5.95 Å². The van der Waals surface area contributed by atoms with Crippen molar-refractivity contribution in [2.24, 2.45) is 0 Å². The molecule has 18 heavy (non-hydrogen) atoms. The highest BCUT2D eigenvalue weighted by Crippen LogP contribution is 2.29. The van der Waals surface area contributed by atoms with Crippen molar-refractivity contribution in [3.05, 3.63) is 17.5 Å². The van der Waals surface area contributed by atoms with E-state index in [0.29, 0.717) is 18.6 Å². The van der Waals surface area contributed by atoms with Crippen LogP contribution in [0.2, 0.25) is 0 Å². The lowest BCUT2D eigenvalue weighted by atomic mass is 10.3. The third kappa shape index (κ3) is 3.18. The summed E-state index contributed by atoms with van der Waals surface area (Å²) in [6.45, 7) is 6.33. The van der Waals surface area contributed by atoms with Gasteiger partial charge in [-0.3, -0.25) is 4.79 Å². The van der Waals surface area contributed by atoms with Gasteiger partial charge in [0.05, 0.1) is 6.61 Å². The summed E-state index contributed by atoms with van der Waals surface area (Å²) in [5.74, 6) is 0.426. The first-order valence-electron chi connectivity index (χ1n) is 6.34. The van der Waals surface area contributed by atoms with Crippen molar-refractivity contribution in [3.63, 3.8) is 0 Å². The van der Waals surface area contributed by atoms with Crippen LogP contribution in [-0.2, 0) is 9.53 Å². The van der Waals surface area contributed by atoms with Gasteiger partial charge < -0.3 is 9.64 Å². The van der Waals surface area contributed by atoms with Crippen LogP contribution in [0.3, 0.4) is 0 Å². The summed E-state index contributed by atoms with van der Waals surface area (Å²) < 4.78 is 5.00. The van der Waals surface area contributed by atoms with E-state index in [9.17, 15) is 4.79 Å². The van der Waals surface area contributed by atoms with Crippen molar-refractivity contribution in [2.45, 2.75) is 39.7 Å². The standard InChI is InChI=1S/C13H19N3O2/c1-4-18-12(17)8-16(11-5-6-11)13-14-9(2)7-10(3)15-13/h7,11H,4-6,8H2,1-3H3. The van der Waals surface area contributed by atoms with Gasteiger partial charge in [0.1, 0.15) is 6.54 Å². The summed E-state index contributed by atoms with van der Waals surface area (Å²) in [6.07, 6.45) is 2.19. The van der Waals surface area contributed by atoms with Crippen molar-refractivity contribution in [2.75, 3.05) is 18.1 Å². The van der Waals surface area contributed by atoms with Gasteiger partial charge in [-0.1, -0.05) is 0 Å². The molecule has 98 valence electrons. The molecule has 0 N–H and O–H groups in total. The lowest BCUT2D eigenvalue weighted by molar-refractivity contribution is -0.141. The van der Waals surface area contributed by atoms with Crippen molar-refractivity contribution in [1.82, 2.24) is 9.97 Å². The summed E-state index contributed by atoms with van der Waals surface area (Å²) >= 11 is 0. The molecule has 0 spiro atoms. The molecule has 5 heteroatoms. The molecule has 1 fully saturated rings. The molecule has 0 saturated heterocycles. The zero-order chi connectivity index (χ0) is 13.1. The van der Waals surface area contributed by atoms with Crippen molar-refractivity contribution < 1.29 is 9.53 Å². The second kappa shape index (κ2) is 5.33. The molecule has 0 amide bonds. The van der Waals surface area contributed by atoms with Crippen LogP contribution in [0.25, 0.3) is 0 Å². The average Bonchev–Trinajstić information content (AvgIpc) is 3.08. The monoisotopic (exact) mass is 249 g/mol. The smallest absolute Gasteiger partial charge is 0.325 e. The number of hydrogen-bond acceptors (Lipinski definition) is 5. The van der Waals surface area contributed by atoms with Crippen molar-refractivity contribution >= 4 is 11.9 Å². The van der Waals surface area contributed by atoms with E-state index in [1.54, 1.807) is 0 Å². The van der Waals surface area contributed by atoms with Crippen LogP contribution in [-0.4, -0.2) is 35.1 Å². The molecule has 0 radical (unpaired) electrons. The summed E-state index contributed by atoms with van der Waals surface area (Å²) in [7, 11) is 0. The van der Waals surface area contributed by atoms with E-state index in [1.165, 1.54) is 0 Å². The number of hydrogen-bond donors (Lipinski definition) is 0. The van der Waals surface area contributed by atoms with E-state index in [0.717, 1.165) is 24.2 Å². The lowest BCUT2D eigenvalue weighted by Crippen LogP contribution is -2.34. The molecule has 5 nitrogen and oxygen atoms in total. The maximum atomic E-state index is 11.6. The highest BCUT2D eigenvalue weighted by atomic mass is 16.5. The second-order valence-corrected chi connectivity index (χ2v) is 4.61. The third-order valence-corrected chi connectivity index (χ3v) is 2.82. The van der Waals surface area contributed by atoms with Crippen molar-refractivity contribution in [3.8, 4) is 0 Å². The summed E-state index contributed by atoms with van der Waals surface area (Å²) in [6, 6.07) is 2.31. The second-order valence-electron chi connectivity index (χ2n) is 4.61. The van der Waals surface area contributed by atoms with E-state index >= 15 is 0 Å². The van der Waals surface area contributed by atoms with Crippen LogP contribution in [0.15, 0.2) is 6.07 Å². The quantitative estimate of drug-likeness (QED) is 0.742. The molecule has 1 aromatic rings. The van der Waals surface area contributed by atoms with Crippen molar-refractivity contribution in [1.29, 1.82) is 0 Å². The molecule has 2 rings (SSSR count). The van der Waals surface area contributed by atoms with Crippen LogP contribution >= 0.6 is 0 Å². The fourth-order valence-corrected chi connectivity index (χ4v) is 1.93. The molecule has 0 atom stereocenters. The topological polar surface area (TPSA) is 55.3 Å². The summed E-state index contributed by atoms with van der Waals surface area (Å²) in [4.78, 5) is 22.4. The number of rotatable bonds is 5. The van der Waals surface area contributed by atoms with E-state index in [1.807, 2.05) is 31.7 Å². The van der Waals surface area contributed by atoms with Gasteiger partial charge in [-0.15, -0.1) is 0 Å². The predicted octanol–water partition coefficient (Wildman–Crippen LogP) is 1.63. The van der Waals surface area contributed by atoms with Gasteiger partial charge in [0.25, 0.3) is 0 Å². The lowest BCUT2D eigenvalue weighted by Gasteiger charge is -2.21. The highest BCUT2D eigenvalue weighted by Gasteiger charge is 2.32. The first-order chi connectivity index (χ1) is 8.60. The van der Waals surface area contributed by atoms with Crippen LogP contribution in [0, 0.1) is 13.8 Å². The minimum Gasteiger partial charge on any atom is -0.465 e. The Bertz CT molecular complexity index is 424. The van der Waals surface area contributed by atoms with Gasteiger partial charge >= 0.3 is 5.97 Å². The first kappa shape index (κ1) is 12.8. The first-order valence-corrected chi connectivity index (χ1v) is 6.34. The predicted molar refractivity (Wildman–Crippen MR) is 68.5 cm³/mol. The minimum absolute atomic E-state index is 0.216. The largest absolute Gasteiger partial charge is 0.465 e. The van der Waals surface area contributed by atoms with Gasteiger partial charge in [0, 0.05) is 17.4 Å². The average molecular weight is 249 g/mol. The van der Waals surface area contributed by atoms with Crippen LogP contribution < -0.4 is 4.90 Å². The molecule has 1 aliphatic carbocycles. The minimum atomic E-state index is -0.216. The van der Waals surface area contributed by atoms with Crippen LogP contribution in [0.4, 0.5) is 5.95 Å². The van der Waals surface area contributed by atoms with E-state index in [-0.39, 0.29) is 12.5 Å². The van der Waals surface area contributed by atoms with E-state index in [4.69, 9.17) is 4.74 Å². The zero-order valence-electron chi connectivity index (χ0n) is 11.1.